The summed E-state index contributed by atoms with van der Waals surface area (Å²) in [6.45, 7) is 3.19. The summed E-state index contributed by atoms with van der Waals surface area (Å²) in [6.07, 6.45) is 2.32. The Morgan fingerprint density at radius 2 is 1.91 bits per heavy atom. The largest absolute Gasteiger partial charge is 0.486 e. The minimum atomic E-state index is 0.282. The van der Waals surface area contributed by atoms with Crippen LogP contribution in [0, 0.1) is 0 Å². The zero-order valence-electron chi connectivity index (χ0n) is 12.9. The van der Waals surface area contributed by atoms with Gasteiger partial charge in [-0.05, 0) is 40.0 Å². The molecule has 3 aromatic rings. The summed E-state index contributed by atoms with van der Waals surface area (Å²) in [7, 11) is 0. The SMILES string of the molecule is CCCCOc1nc2c(OCc3ccccc3)ccc(Br)c2o1. The molecule has 0 atom stereocenters. The van der Waals surface area contributed by atoms with Gasteiger partial charge in [0.05, 0.1) is 11.1 Å². The summed E-state index contributed by atoms with van der Waals surface area (Å²) in [5, 5.41) is 0. The molecule has 0 spiro atoms. The Morgan fingerprint density at radius 3 is 2.70 bits per heavy atom. The number of oxazole rings is 1. The van der Waals surface area contributed by atoms with E-state index < -0.39 is 0 Å². The maximum absolute atomic E-state index is 5.90. The average molecular weight is 376 g/mol. The Morgan fingerprint density at radius 1 is 1.09 bits per heavy atom. The van der Waals surface area contributed by atoms with Crippen molar-refractivity contribution in [2.45, 2.75) is 26.4 Å². The van der Waals surface area contributed by atoms with E-state index in [0.29, 0.717) is 30.1 Å². The van der Waals surface area contributed by atoms with E-state index >= 15 is 0 Å². The fourth-order valence-electron chi connectivity index (χ4n) is 2.15. The second-order valence-corrected chi connectivity index (χ2v) is 6.03. The van der Waals surface area contributed by atoms with Gasteiger partial charge in [0.2, 0.25) is 0 Å². The van der Waals surface area contributed by atoms with E-state index in [2.05, 4.69) is 27.8 Å². The molecule has 23 heavy (non-hydrogen) atoms. The molecule has 1 aromatic heterocycles. The fraction of sp³-hybridized carbons (Fsp3) is 0.278. The highest BCUT2D eigenvalue weighted by atomic mass is 79.9. The normalized spacial score (nSPS) is 10.9. The molecule has 0 aliphatic rings. The van der Waals surface area contributed by atoms with Crippen LogP contribution in [-0.4, -0.2) is 11.6 Å². The molecule has 4 nitrogen and oxygen atoms in total. The molecule has 0 unspecified atom stereocenters. The number of rotatable bonds is 7. The number of benzene rings is 2. The van der Waals surface area contributed by atoms with Crippen LogP contribution >= 0.6 is 15.9 Å². The van der Waals surface area contributed by atoms with Gasteiger partial charge in [0.15, 0.2) is 11.1 Å². The smallest absolute Gasteiger partial charge is 0.394 e. The van der Waals surface area contributed by atoms with Gasteiger partial charge in [-0.2, -0.15) is 4.98 Å². The Labute approximate surface area is 143 Å². The van der Waals surface area contributed by atoms with Gasteiger partial charge in [0, 0.05) is 0 Å². The molecule has 2 aromatic carbocycles. The molecule has 0 aliphatic carbocycles. The van der Waals surface area contributed by atoms with Gasteiger partial charge >= 0.3 is 6.08 Å². The van der Waals surface area contributed by atoms with Crippen LogP contribution in [0.2, 0.25) is 0 Å². The predicted molar refractivity (Wildman–Crippen MR) is 92.9 cm³/mol. The van der Waals surface area contributed by atoms with Crippen molar-refractivity contribution in [3.63, 3.8) is 0 Å². The number of hydrogen-bond acceptors (Lipinski definition) is 4. The van der Waals surface area contributed by atoms with Crippen molar-refractivity contribution in [3.05, 3.63) is 52.5 Å². The van der Waals surface area contributed by atoms with Gasteiger partial charge in [-0.1, -0.05) is 43.7 Å². The van der Waals surface area contributed by atoms with Gasteiger partial charge in [-0.3, -0.25) is 0 Å². The third-order valence-corrected chi connectivity index (χ3v) is 4.02. The topological polar surface area (TPSA) is 44.5 Å². The molecule has 5 heteroatoms. The van der Waals surface area contributed by atoms with Crippen molar-refractivity contribution in [3.8, 4) is 11.8 Å². The Balaban J connectivity index is 1.81. The van der Waals surface area contributed by atoms with Crippen LogP contribution in [0.25, 0.3) is 11.1 Å². The number of halogens is 1. The van der Waals surface area contributed by atoms with Crippen molar-refractivity contribution in [1.29, 1.82) is 0 Å². The minimum absolute atomic E-state index is 0.282. The molecule has 0 N–H and O–H groups in total. The first-order chi connectivity index (χ1) is 11.3. The quantitative estimate of drug-likeness (QED) is 0.522. The summed E-state index contributed by atoms with van der Waals surface area (Å²) in [4.78, 5) is 4.41. The lowest BCUT2D eigenvalue weighted by molar-refractivity contribution is 0.232. The molecule has 0 radical (unpaired) electrons. The molecule has 0 saturated carbocycles. The van der Waals surface area contributed by atoms with Crippen molar-refractivity contribution in [2.75, 3.05) is 6.61 Å². The van der Waals surface area contributed by atoms with E-state index in [1.54, 1.807) is 0 Å². The van der Waals surface area contributed by atoms with Crippen LogP contribution in [0.1, 0.15) is 25.3 Å². The summed E-state index contributed by atoms with van der Waals surface area (Å²) in [5.41, 5.74) is 2.41. The van der Waals surface area contributed by atoms with Gasteiger partial charge in [0.25, 0.3) is 0 Å². The van der Waals surface area contributed by atoms with E-state index in [1.807, 2.05) is 42.5 Å². The van der Waals surface area contributed by atoms with Crippen LogP contribution < -0.4 is 9.47 Å². The monoisotopic (exact) mass is 375 g/mol. The molecule has 0 bridgehead atoms. The first-order valence-corrected chi connectivity index (χ1v) is 8.46. The standard InChI is InChI=1S/C18H18BrNO3/c1-2-3-11-21-18-20-16-15(10-9-14(19)17(16)23-18)22-12-13-7-5-4-6-8-13/h4-10H,2-3,11-12H2,1H3. The molecule has 0 amide bonds. The molecule has 0 saturated heterocycles. The molecular weight excluding hydrogens is 358 g/mol. The molecule has 3 rings (SSSR count). The summed E-state index contributed by atoms with van der Waals surface area (Å²) in [5.74, 6) is 0.682. The molecular formula is C18H18BrNO3. The van der Waals surface area contributed by atoms with E-state index in [0.717, 1.165) is 22.9 Å². The van der Waals surface area contributed by atoms with Gasteiger partial charge in [-0.15, -0.1) is 0 Å². The number of aromatic nitrogens is 1. The lowest BCUT2D eigenvalue weighted by Gasteiger charge is -2.06. The minimum Gasteiger partial charge on any atom is -0.486 e. The molecule has 0 aliphatic heterocycles. The second kappa shape index (κ2) is 7.51. The lowest BCUT2D eigenvalue weighted by atomic mass is 10.2. The molecule has 0 fully saturated rings. The third kappa shape index (κ3) is 3.85. The number of unbranched alkanes of at least 4 members (excludes halogenated alkanes) is 1. The van der Waals surface area contributed by atoms with Gasteiger partial charge in [0.1, 0.15) is 12.4 Å². The molecule has 1 heterocycles. The highest BCUT2D eigenvalue weighted by Crippen LogP contribution is 2.34. The van der Waals surface area contributed by atoms with Crippen LogP contribution in [-0.2, 0) is 6.61 Å². The number of fused-ring (bicyclic) bond motifs is 1. The first-order valence-electron chi connectivity index (χ1n) is 7.66. The maximum Gasteiger partial charge on any atom is 0.394 e. The predicted octanol–water partition coefficient (Wildman–Crippen LogP) is 5.35. The number of ether oxygens (including phenoxy) is 2. The van der Waals surface area contributed by atoms with E-state index in [4.69, 9.17) is 13.9 Å². The first kappa shape index (κ1) is 15.9. The van der Waals surface area contributed by atoms with Crippen LogP contribution in [0.5, 0.6) is 11.8 Å². The average Bonchev–Trinajstić information content (AvgIpc) is 3.01. The van der Waals surface area contributed by atoms with Gasteiger partial charge < -0.3 is 13.9 Å². The third-order valence-electron chi connectivity index (χ3n) is 3.40. The highest BCUT2D eigenvalue weighted by molar-refractivity contribution is 9.10. The van der Waals surface area contributed by atoms with Crippen molar-refractivity contribution >= 4 is 27.0 Å². The Hall–Kier alpha value is -2.01. The zero-order valence-corrected chi connectivity index (χ0v) is 14.5. The van der Waals surface area contributed by atoms with E-state index in [9.17, 15) is 0 Å². The van der Waals surface area contributed by atoms with E-state index in [-0.39, 0.29) is 6.08 Å². The highest BCUT2D eigenvalue weighted by Gasteiger charge is 2.15. The summed E-state index contributed by atoms with van der Waals surface area (Å²) in [6, 6.07) is 13.8. The number of hydrogen-bond donors (Lipinski definition) is 0. The Kier molecular flexibility index (Phi) is 5.18. The molecule has 120 valence electrons. The maximum atomic E-state index is 5.90. The Bertz CT molecular complexity index is 771. The van der Waals surface area contributed by atoms with Crippen LogP contribution in [0.4, 0.5) is 0 Å². The summed E-state index contributed by atoms with van der Waals surface area (Å²) >= 11 is 3.48. The van der Waals surface area contributed by atoms with Gasteiger partial charge in [-0.25, -0.2) is 0 Å². The van der Waals surface area contributed by atoms with Crippen molar-refractivity contribution in [2.24, 2.45) is 0 Å². The zero-order chi connectivity index (χ0) is 16.1. The number of nitrogens with zero attached hydrogens (tertiary/aromatic N) is 1. The summed E-state index contributed by atoms with van der Waals surface area (Å²) < 4.78 is 18.0. The van der Waals surface area contributed by atoms with Crippen molar-refractivity contribution < 1.29 is 13.9 Å². The lowest BCUT2D eigenvalue weighted by Crippen LogP contribution is -1.97. The van der Waals surface area contributed by atoms with Crippen LogP contribution in [0.15, 0.2) is 51.4 Å². The van der Waals surface area contributed by atoms with E-state index in [1.165, 1.54) is 0 Å². The second-order valence-electron chi connectivity index (χ2n) is 5.18. The van der Waals surface area contributed by atoms with Crippen molar-refractivity contribution in [1.82, 2.24) is 4.98 Å². The fourth-order valence-corrected chi connectivity index (χ4v) is 2.55. The van der Waals surface area contributed by atoms with Crippen LogP contribution in [0.3, 0.4) is 0 Å².